The Hall–Kier alpha value is -2.67. The quantitative estimate of drug-likeness (QED) is 0.778. The van der Waals surface area contributed by atoms with Crippen LogP contribution in [0, 0.1) is 13.8 Å². The maximum Gasteiger partial charge on any atom is 0.263 e. The van der Waals surface area contributed by atoms with E-state index in [1.54, 1.807) is 38.3 Å². The van der Waals surface area contributed by atoms with Gasteiger partial charge in [-0.15, -0.1) is 11.3 Å². The van der Waals surface area contributed by atoms with Crippen LogP contribution in [0.3, 0.4) is 0 Å². The zero-order chi connectivity index (χ0) is 18.1. The van der Waals surface area contributed by atoms with Gasteiger partial charge in [-0.1, -0.05) is 0 Å². The normalized spacial score (nSPS) is 12.2. The Bertz CT molecular complexity index is 989. The third-order valence-corrected chi connectivity index (χ3v) is 5.38. The highest BCUT2D eigenvalue weighted by Crippen LogP contribution is 2.26. The van der Waals surface area contributed by atoms with Gasteiger partial charge in [0, 0.05) is 10.6 Å². The largest absolute Gasteiger partial charge is 0.497 e. The molecule has 0 fully saturated rings. The summed E-state index contributed by atoms with van der Waals surface area (Å²) in [5, 5.41) is 3.40. The molecule has 3 aromatic rings. The maximum absolute atomic E-state index is 12.8. The molecule has 2 aromatic heterocycles. The lowest BCUT2D eigenvalue weighted by Gasteiger charge is -2.15. The number of rotatable bonds is 4. The Balaban J connectivity index is 1.89. The summed E-state index contributed by atoms with van der Waals surface area (Å²) in [7, 11) is 1.58. The van der Waals surface area contributed by atoms with E-state index in [9.17, 15) is 9.59 Å². The number of methoxy groups -OCH3 is 1. The summed E-state index contributed by atoms with van der Waals surface area (Å²) in [4.78, 5) is 31.4. The van der Waals surface area contributed by atoms with E-state index >= 15 is 0 Å². The van der Waals surface area contributed by atoms with Crippen molar-refractivity contribution in [2.75, 3.05) is 12.4 Å². The number of amides is 1. The summed E-state index contributed by atoms with van der Waals surface area (Å²) >= 11 is 1.49. The van der Waals surface area contributed by atoms with Gasteiger partial charge >= 0.3 is 0 Å². The predicted octanol–water partition coefficient (Wildman–Crippen LogP) is 3.28. The van der Waals surface area contributed by atoms with Crippen molar-refractivity contribution < 1.29 is 9.53 Å². The molecule has 3 rings (SSSR count). The number of carbonyl (C=O) groups is 1. The first-order chi connectivity index (χ1) is 11.9. The van der Waals surface area contributed by atoms with E-state index in [2.05, 4.69) is 10.3 Å². The van der Waals surface area contributed by atoms with E-state index in [1.165, 1.54) is 22.2 Å². The fourth-order valence-electron chi connectivity index (χ4n) is 2.57. The molecule has 0 radical (unpaired) electrons. The molecule has 2 heterocycles. The van der Waals surface area contributed by atoms with Crippen LogP contribution >= 0.6 is 11.3 Å². The molecule has 0 saturated carbocycles. The molecule has 0 spiro atoms. The minimum absolute atomic E-state index is 0.191. The van der Waals surface area contributed by atoms with Gasteiger partial charge in [0.05, 0.1) is 18.8 Å². The number of ether oxygens (including phenoxy) is 1. The van der Waals surface area contributed by atoms with Crippen LogP contribution in [0.4, 0.5) is 5.69 Å². The number of anilines is 1. The number of benzene rings is 1. The highest BCUT2D eigenvalue weighted by Gasteiger charge is 2.20. The average molecular weight is 357 g/mol. The zero-order valence-corrected chi connectivity index (χ0v) is 15.3. The second-order valence-corrected chi connectivity index (χ2v) is 7.02. The molecule has 0 bridgehead atoms. The molecule has 7 heteroatoms. The first-order valence-corrected chi connectivity index (χ1v) is 8.65. The Kier molecular flexibility index (Phi) is 4.59. The number of thiophene rings is 1. The van der Waals surface area contributed by atoms with Gasteiger partial charge in [0.15, 0.2) is 0 Å². The van der Waals surface area contributed by atoms with Crippen molar-refractivity contribution >= 4 is 33.1 Å². The molecule has 6 nitrogen and oxygen atoms in total. The van der Waals surface area contributed by atoms with Gasteiger partial charge in [-0.2, -0.15) is 0 Å². The summed E-state index contributed by atoms with van der Waals surface area (Å²) in [6, 6.07) is 6.35. The molecule has 0 aliphatic rings. The fraction of sp³-hybridized carbons (Fsp3) is 0.278. The highest BCUT2D eigenvalue weighted by molar-refractivity contribution is 7.18. The monoisotopic (exact) mass is 357 g/mol. The SMILES string of the molecule is COc1ccc(NC(=O)[C@H](C)n2cnc3sc(C)c(C)c3c2=O)cc1. The number of aromatic nitrogens is 2. The van der Waals surface area contributed by atoms with Crippen molar-refractivity contribution in [3.8, 4) is 5.75 Å². The van der Waals surface area contributed by atoms with Crippen molar-refractivity contribution in [1.29, 1.82) is 0 Å². The van der Waals surface area contributed by atoms with Crippen molar-refractivity contribution in [3.63, 3.8) is 0 Å². The van der Waals surface area contributed by atoms with Crippen molar-refractivity contribution in [1.82, 2.24) is 9.55 Å². The second-order valence-electron chi connectivity index (χ2n) is 5.81. The van der Waals surface area contributed by atoms with Crippen LogP contribution in [0.15, 0.2) is 35.4 Å². The Morgan fingerprint density at radius 3 is 2.60 bits per heavy atom. The first kappa shape index (κ1) is 17.2. The number of fused-ring (bicyclic) bond motifs is 1. The molecule has 130 valence electrons. The van der Waals surface area contributed by atoms with Gasteiger partial charge in [0.2, 0.25) is 5.91 Å². The average Bonchev–Trinajstić information content (AvgIpc) is 2.90. The fourth-order valence-corrected chi connectivity index (χ4v) is 3.56. The molecule has 0 aliphatic carbocycles. The Morgan fingerprint density at radius 1 is 1.28 bits per heavy atom. The van der Waals surface area contributed by atoms with Gasteiger partial charge < -0.3 is 10.1 Å². The first-order valence-electron chi connectivity index (χ1n) is 7.84. The molecule has 1 N–H and O–H groups in total. The molecule has 0 aliphatic heterocycles. The Morgan fingerprint density at radius 2 is 1.96 bits per heavy atom. The highest BCUT2D eigenvalue weighted by atomic mass is 32.1. The van der Waals surface area contributed by atoms with Crippen LogP contribution in [-0.4, -0.2) is 22.6 Å². The molecule has 1 atom stereocenters. The second kappa shape index (κ2) is 6.68. The van der Waals surface area contributed by atoms with Crippen LogP contribution in [-0.2, 0) is 4.79 Å². The van der Waals surface area contributed by atoms with E-state index in [0.717, 1.165) is 10.4 Å². The van der Waals surface area contributed by atoms with Crippen LogP contribution in [0.5, 0.6) is 5.75 Å². The maximum atomic E-state index is 12.8. The van der Waals surface area contributed by atoms with Gasteiger partial charge in [0.1, 0.15) is 16.6 Å². The minimum Gasteiger partial charge on any atom is -0.497 e. The summed E-state index contributed by atoms with van der Waals surface area (Å²) in [6.07, 6.45) is 1.44. The van der Waals surface area contributed by atoms with E-state index in [1.807, 2.05) is 13.8 Å². The van der Waals surface area contributed by atoms with Crippen LogP contribution < -0.4 is 15.6 Å². The summed E-state index contributed by atoms with van der Waals surface area (Å²) in [5.41, 5.74) is 1.38. The van der Waals surface area contributed by atoms with Gasteiger partial charge in [-0.3, -0.25) is 14.2 Å². The lowest BCUT2D eigenvalue weighted by Crippen LogP contribution is -2.31. The molecule has 1 amide bonds. The Labute approximate surface area is 149 Å². The third-order valence-electron chi connectivity index (χ3n) is 4.27. The van der Waals surface area contributed by atoms with Crippen molar-refractivity contribution in [3.05, 3.63) is 51.4 Å². The van der Waals surface area contributed by atoms with Gasteiger partial charge in [-0.05, 0) is 50.6 Å². The lowest BCUT2D eigenvalue weighted by molar-refractivity contribution is -0.118. The molecular weight excluding hydrogens is 338 g/mol. The van der Waals surface area contributed by atoms with Crippen LogP contribution in [0.2, 0.25) is 0 Å². The summed E-state index contributed by atoms with van der Waals surface area (Å²) in [6.45, 7) is 5.55. The van der Waals surface area contributed by atoms with E-state index in [0.29, 0.717) is 21.7 Å². The van der Waals surface area contributed by atoms with Crippen LogP contribution in [0.25, 0.3) is 10.2 Å². The number of hydrogen-bond donors (Lipinski definition) is 1. The molecule has 25 heavy (non-hydrogen) atoms. The predicted molar refractivity (Wildman–Crippen MR) is 99.7 cm³/mol. The standard InChI is InChI=1S/C18H19N3O3S/c1-10-12(3)25-17-15(10)18(23)21(9-19-17)11(2)16(22)20-13-5-7-14(24-4)8-6-13/h5-9,11H,1-4H3,(H,20,22)/t11-/m0/s1. The lowest BCUT2D eigenvalue weighted by atomic mass is 10.2. The number of nitrogens with one attached hydrogen (secondary N) is 1. The van der Waals surface area contributed by atoms with E-state index < -0.39 is 6.04 Å². The van der Waals surface area contributed by atoms with Gasteiger partial charge in [0.25, 0.3) is 5.56 Å². The van der Waals surface area contributed by atoms with Crippen LogP contribution in [0.1, 0.15) is 23.4 Å². The third kappa shape index (κ3) is 3.15. The topological polar surface area (TPSA) is 73.2 Å². The molecule has 1 aromatic carbocycles. The number of nitrogens with zero attached hydrogens (tertiary/aromatic N) is 2. The number of aryl methyl sites for hydroxylation is 2. The zero-order valence-electron chi connectivity index (χ0n) is 14.5. The summed E-state index contributed by atoms with van der Waals surface area (Å²) < 4.78 is 6.47. The smallest absolute Gasteiger partial charge is 0.263 e. The summed E-state index contributed by atoms with van der Waals surface area (Å²) in [5.74, 6) is 0.429. The van der Waals surface area contributed by atoms with E-state index in [-0.39, 0.29) is 11.5 Å². The van der Waals surface area contributed by atoms with Gasteiger partial charge in [-0.25, -0.2) is 4.98 Å². The van der Waals surface area contributed by atoms with E-state index in [4.69, 9.17) is 4.74 Å². The number of hydrogen-bond acceptors (Lipinski definition) is 5. The molecule has 0 saturated heterocycles. The molecular formula is C18H19N3O3S. The van der Waals surface area contributed by atoms with Crippen molar-refractivity contribution in [2.45, 2.75) is 26.8 Å². The van der Waals surface area contributed by atoms with Crippen molar-refractivity contribution in [2.24, 2.45) is 0 Å². The minimum atomic E-state index is -0.675. The molecule has 0 unspecified atom stereocenters. The number of carbonyl (C=O) groups excluding carboxylic acids is 1.